The monoisotopic (exact) mass is 832 g/mol. The van der Waals surface area contributed by atoms with Crippen molar-refractivity contribution in [2.45, 2.75) is 46.0 Å². The zero-order chi connectivity index (χ0) is 26.9. The van der Waals surface area contributed by atoms with Crippen molar-refractivity contribution in [2.24, 2.45) is 11.5 Å². The minimum absolute atomic E-state index is 0.129. The van der Waals surface area contributed by atoms with E-state index in [9.17, 15) is 19.2 Å². The van der Waals surface area contributed by atoms with Crippen LogP contribution in [-0.2, 0) is 35.0 Å². The van der Waals surface area contributed by atoms with Crippen LogP contribution in [0.25, 0.3) is 0 Å². The lowest BCUT2D eigenvalue weighted by molar-refractivity contribution is -0.156. The lowest BCUT2D eigenvalue weighted by Gasteiger charge is -2.23. The van der Waals surface area contributed by atoms with Gasteiger partial charge in [-0.2, -0.15) is 0 Å². The molecular weight excluding hydrogens is 805 g/mol. The van der Waals surface area contributed by atoms with Crippen LogP contribution in [0.3, 0.4) is 0 Å². The Kier molecular flexibility index (Phi) is 13.2. The van der Waals surface area contributed by atoms with Gasteiger partial charge in [0.15, 0.2) is 5.79 Å². The van der Waals surface area contributed by atoms with Gasteiger partial charge in [0, 0.05) is 23.8 Å². The third-order valence-corrected chi connectivity index (χ3v) is 8.51. The highest BCUT2D eigenvalue weighted by Crippen LogP contribution is 2.39. The summed E-state index contributed by atoms with van der Waals surface area (Å²) >= 11 is 5.99. The first kappa shape index (κ1) is 31.8. The third-order valence-electron chi connectivity index (χ3n) is 4.13. The molecule has 35 heavy (non-hydrogen) atoms. The van der Waals surface area contributed by atoms with Crippen LogP contribution in [0.5, 0.6) is 0 Å². The average molecular weight is 832 g/mol. The average Bonchev–Trinajstić information content (AvgIpc) is 3.13. The summed E-state index contributed by atoms with van der Waals surface area (Å²) < 4.78 is 22.3. The number of halogens is 3. The maximum atomic E-state index is 11.5. The topological polar surface area (TPSA) is 181 Å². The molecule has 0 saturated carbocycles. The van der Waals surface area contributed by atoms with E-state index < -0.39 is 30.1 Å². The van der Waals surface area contributed by atoms with Gasteiger partial charge in [-0.05, 0) is 87.2 Å². The summed E-state index contributed by atoms with van der Waals surface area (Å²) in [5.41, 5.74) is 11.9. The van der Waals surface area contributed by atoms with Gasteiger partial charge in [-0.25, -0.2) is 9.59 Å². The van der Waals surface area contributed by atoms with Crippen LogP contribution < -0.4 is 22.1 Å². The summed E-state index contributed by atoms with van der Waals surface area (Å²) in [5.74, 6) is -1.37. The quantitative estimate of drug-likeness (QED) is 0.184. The van der Waals surface area contributed by atoms with Gasteiger partial charge in [-0.15, -0.1) is 0 Å². The van der Waals surface area contributed by atoms with Crippen LogP contribution in [0.1, 0.15) is 33.3 Å². The van der Waals surface area contributed by atoms with Crippen molar-refractivity contribution in [2.75, 3.05) is 30.5 Å². The molecule has 0 radical (unpaired) electrons. The lowest BCUT2D eigenvalue weighted by atomic mass is 10.0. The van der Waals surface area contributed by atoms with Gasteiger partial charge in [0.2, 0.25) is 0 Å². The minimum atomic E-state index is -0.815. The third kappa shape index (κ3) is 11.2. The molecule has 1 aromatic rings. The standard InChI is InChI=1S/C15H17I3N4O6.C5H10O2/c1-5(23)27-4-7(28-6(2)24)3-8-9(16)10(17)13(22-15(20)26)11(18)12(8)21-14(19)25;1-5(2)6-3-4-7-5/h7H,3-4H2,1-2H3,(H3,19,21,25)(H3,20,22,26);3-4H2,1-2H3. The van der Waals surface area contributed by atoms with Gasteiger partial charge in [-0.1, -0.05) is 0 Å². The first-order valence-electron chi connectivity index (χ1n) is 10.0. The van der Waals surface area contributed by atoms with Crippen molar-refractivity contribution < 1.29 is 38.1 Å². The van der Waals surface area contributed by atoms with E-state index in [1.807, 2.05) is 81.6 Å². The molecule has 1 aromatic carbocycles. The SMILES string of the molecule is CC(=O)OCC(Cc1c(I)c(I)c(NC(N)=O)c(I)c1NC(N)=O)OC(C)=O.CC1(C)OCCO1. The van der Waals surface area contributed by atoms with Crippen molar-refractivity contribution in [3.8, 4) is 0 Å². The minimum Gasteiger partial charge on any atom is -0.462 e. The summed E-state index contributed by atoms with van der Waals surface area (Å²) in [4.78, 5) is 45.4. The molecule has 196 valence electrons. The van der Waals surface area contributed by atoms with Crippen molar-refractivity contribution in [1.29, 1.82) is 0 Å². The van der Waals surface area contributed by atoms with Crippen LogP contribution in [0, 0.1) is 10.7 Å². The molecule has 1 aliphatic rings. The van der Waals surface area contributed by atoms with Crippen molar-refractivity contribution in [3.05, 3.63) is 16.3 Å². The molecule has 0 spiro atoms. The van der Waals surface area contributed by atoms with Crippen molar-refractivity contribution in [3.63, 3.8) is 0 Å². The van der Waals surface area contributed by atoms with E-state index in [-0.39, 0.29) is 18.8 Å². The Balaban J connectivity index is 0.000000744. The highest BCUT2D eigenvalue weighted by Gasteiger charge is 2.26. The molecule has 0 bridgehead atoms. The maximum Gasteiger partial charge on any atom is 0.316 e. The smallest absolute Gasteiger partial charge is 0.316 e. The van der Waals surface area contributed by atoms with Gasteiger partial charge in [0.1, 0.15) is 12.7 Å². The Bertz CT molecular complexity index is 966. The van der Waals surface area contributed by atoms with E-state index >= 15 is 0 Å². The number of anilines is 2. The number of nitrogens with one attached hydrogen (secondary N) is 2. The number of esters is 2. The predicted octanol–water partition coefficient (Wildman–Crippen LogP) is 3.29. The molecule has 1 atom stereocenters. The fourth-order valence-electron chi connectivity index (χ4n) is 2.81. The Labute approximate surface area is 243 Å². The number of rotatable bonds is 7. The fraction of sp³-hybridized carbons (Fsp3) is 0.500. The molecule has 1 heterocycles. The van der Waals surface area contributed by atoms with E-state index in [4.69, 9.17) is 30.4 Å². The fourth-order valence-corrected chi connectivity index (χ4v) is 5.68. The number of hydrogen-bond acceptors (Lipinski definition) is 8. The number of nitrogens with two attached hydrogens (primary N) is 2. The second-order valence-electron chi connectivity index (χ2n) is 7.48. The van der Waals surface area contributed by atoms with Gasteiger partial charge in [0.05, 0.1) is 31.7 Å². The van der Waals surface area contributed by atoms with E-state index in [1.54, 1.807) is 0 Å². The van der Waals surface area contributed by atoms with Crippen molar-refractivity contribution >= 4 is 103 Å². The van der Waals surface area contributed by atoms with Gasteiger partial charge in [0.25, 0.3) is 0 Å². The summed E-state index contributed by atoms with van der Waals surface area (Å²) in [6.45, 7) is 7.64. The first-order chi connectivity index (χ1) is 16.1. The molecule has 4 amide bonds. The van der Waals surface area contributed by atoms with Gasteiger partial charge in [-0.3, -0.25) is 9.59 Å². The number of carbonyl (C=O) groups is 4. The Morgan fingerprint density at radius 3 is 1.83 bits per heavy atom. The summed E-state index contributed by atoms with van der Waals surface area (Å²) in [7, 11) is 0. The predicted molar refractivity (Wildman–Crippen MR) is 153 cm³/mol. The summed E-state index contributed by atoms with van der Waals surface area (Å²) in [5, 5.41) is 5.05. The van der Waals surface area contributed by atoms with E-state index in [1.165, 1.54) is 13.8 Å². The van der Waals surface area contributed by atoms with E-state index in [2.05, 4.69) is 10.6 Å². The molecule has 15 heteroatoms. The largest absolute Gasteiger partial charge is 0.462 e. The van der Waals surface area contributed by atoms with E-state index in [0.717, 1.165) is 13.2 Å². The van der Waals surface area contributed by atoms with Gasteiger partial charge >= 0.3 is 24.0 Å². The highest BCUT2D eigenvalue weighted by molar-refractivity contribution is 14.1. The Morgan fingerprint density at radius 2 is 1.43 bits per heavy atom. The second kappa shape index (κ2) is 14.5. The van der Waals surface area contributed by atoms with Crippen LogP contribution in [-0.4, -0.2) is 55.7 Å². The van der Waals surface area contributed by atoms with Crippen molar-refractivity contribution in [1.82, 2.24) is 0 Å². The Hall–Kier alpha value is -1.19. The van der Waals surface area contributed by atoms with Crippen LogP contribution >= 0.6 is 67.8 Å². The number of amides is 4. The Morgan fingerprint density at radius 1 is 0.914 bits per heavy atom. The highest BCUT2D eigenvalue weighted by atomic mass is 127. The second-order valence-corrected chi connectivity index (χ2v) is 10.7. The molecule has 0 aromatic heterocycles. The van der Waals surface area contributed by atoms with Crippen LogP contribution in [0.2, 0.25) is 0 Å². The molecule has 6 N–H and O–H groups in total. The normalized spacial score (nSPS) is 14.7. The molecule has 12 nitrogen and oxygen atoms in total. The number of primary amides is 2. The molecule has 1 fully saturated rings. The van der Waals surface area contributed by atoms with Crippen LogP contribution in [0.15, 0.2) is 0 Å². The number of hydrogen-bond donors (Lipinski definition) is 4. The molecular formula is C20H27I3N4O8. The number of ether oxygens (including phenoxy) is 4. The molecule has 1 saturated heterocycles. The van der Waals surface area contributed by atoms with Crippen LogP contribution in [0.4, 0.5) is 21.0 Å². The zero-order valence-corrected chi connectivity index (χ0v) is 25.9. The number of urea groups is 2. The molecule has 1 unspecified atom stereocenters. The maximum absolute atomic E-state index is 11.5. The number of carbonyl (C=O) groups excluding carboxylic acids is 4. The first-order valence-corrected chi connectivity index (χ1v) is 13.3. The molecule has 1 aliphatic heterocycles. The molecule has 2 rings (SSSR count). The zero-order valence-electron chi connectivity index (χ0n) is 19.5. The summed E-state index contributed by atoms with van der Waals surface area (Å²) in [6, 6.07) is -1.58. The van der Waals surface area contributed by atoms with E-state index in [0.29, 0.717) is 27.6 Å². The summed E-state index contributed by atoms with van der Waals surface area (Å²) in [6.07, 6.45) is -0.659. The van der Waals surface area contributed by atoms with Gasteiger partial charge < -0.3 is 41.0 Å². The number of benzene rings is 1. The molecule has 0 aliphatic carbocycles. The lowest BCUT2D eigenvalue weighted by Crippen LogP contribution is -2.29.